The van der Waals surface area contributed by atoms with E-state index in [0.29, 0.717) is 25.0 Å². The smallest absolute Gasteiger partial charge is 0.171 e. The topological polar surface area (TPSA) is 17.1 Å². The summed E-state index contributed by atoms with van der Waals surface area (Å²) in [7, 11) is 0. The van der Waals surface area contributed by atoms with Crippen LogP contribution >= 0.6 is 0 Å². The summed E-state index contributed by atoms with van der Waals surface area (Å²) >= 11 is 0. The van der Waals surface area contributed by atoms with Gasteiger partial charge in [-0.3, -0.25) is 4.79 Å². The third-order valence-electron chi connectivity index (χ3n) is 2.90. The minimum Gasteiger partial charge on any atom is -0.294 e. The molecule has 1 aromatic rings. The molecule has 1 rings (SSSR count). The van der Waals surface area contributed by atoms with Gasteiger partial charge in [-0.2, -0.15) is 0 Å². The second kappa shape index (κ2) is 6.57. The molecule has 0 aliphatic heterocycles. The van der Waals surface area contributed by atoms with Gasteiger partial charge in [0, 0.05) is 18.1 Å². The van der Waals surface area contributed by atoms with Crippen molar-refractivity contribution in [3.8, 4) is 0 Å². The van der Waals surface area contributed by atoms with Gasteiger partial charge in [-0.15, -0.1) is 0 Å². The zero-order valence-electron chi connectivity index (χ0n) is 10.6. The average molecular weight is 258 g/mol. The highest BCUT2D eigenvalue weighted by atomic mass is 19.1. The Morgan fingerprint density at radius 1 is 1.06 bits per heavy atom. The fraction of sp³-hybridized carbons (Fsp3) is 0.500. The van der Waals surface area contributed by atoms with Crippen molar-refractivity contribution in [3.63, 3.8) is 0 Å². The lowest BCUT2D eigenvalue weighted by atomic mass is 9.89. The molecule has 0 atom stereocenters. The maximum atomic E-state index is 13.5. The van der Waals surface area contributed by atoms with Crippen molar-refractivity contribution in [2.75, 3.05) is 0 Å². The summed E-state index contributed by atoms with van der Waals surface area (Å²) in [5.41, 5.74) is -0.608. The first-order valence-corrected chi connectivity index (χ1v) is 6.20. The first kappa shape index (κ1) is 14.7. The molecule has 1 nitrogen and oxygen atoms in total. The van der Waals surface area contributed by atoms with E-state index in [2.05, 4.69) is 0 Å². The molecule has 4 heteroatoms. The molecular weight excluding hydrogens is 241 g/mol. The SMILES string of the molecule is CCCC(CCC)C(=O)c1c(F)cc(F)cc1F. The van der Waals surface area contributed by atoms with Crippen LogP contribution in [-0.2, 0) is 0 Å². The van der Waals surface area contributed by atoms with Crippen LogP contribution in [0.1, 0.15) is 49.9 Å². The van der Waals surface area contributed by atoms with Crippen LogP contribution in [0.15, 0.2) is 12.1 Å². The number of halogens is 3. The van der Waals surface area contributed by atoms with Crippen molar-refractivity contribution >= 4 is 5.78 Å². The van der Waals surface area contributed by atoms with E-state index < -0.39 is 34.7 Å². The van der Waals surface area contributed by atoms with E-state index in [-0.39, 0.29) is 0 Å². The molecule has 0 aliphatic rings. The fourth-order valence-corrected chi connectivity index (χ4v) is 2.09. The Labute approximate surface area is 105 Å². The van der Waals surface area contributed by atoms with Gasteiger partial charge in [-0.05, 0) is 12.8 Å². The van der Waals surface area contributed by atoms with Gasteiger partial charge < -0.3 is 0 Å². The van der Waals surface area contributed by atoms with Crippen LogP contribution in [0.2, 0.25) is 0 Å². The molecule has 0 N–H and O–H groups in total. The Balaban J connectivity index is 3.08. The van der Waals surface area contributed by atoms with Crippen molar-refractivity contribution in [1.29, 1.82) is 0 Å². The third kappa shape index (κ3) is 3.34. The van der Waals surface area contributed by atoms with Crippen molar-refractivity contribution in [2.24, 2.45) is 5.92 Å². The molecule has 0 aliphatic carbocycles. The van der Waals surface area contributed by atoms with Crippen molar-refractivity contribution in [3.05, 3.63) is 35.1 Å². The highest BCUT2D eigenvalue weighted by Crippen LogP contribution is 2.24. The monoisotopic (exact) mass is 258 g/mol. The Bertz CT molecular complexity index is 400. The molecule has 18 heavy (non-hydrogen) atoms. The Morgan fingerprint density at radius 2 is 1.50 bits per heavy atom. The quantitative estimate of drug-likeness (QED) is 0.686. The highest BCUT2D eigenvalue weighted by Gasteiger charge is 2.25. The molecule has 0 radical (unpaired) electrons. The van der Waals surface area contributed by atoms with Crippen LogP contribution in [0.3, 0.4) is 0 Å². The predicted molar refractivity (Wildman–Crippen MR) is 64.0 cm³/mol. The first-order chi connectivity index (χ1) is 8.51. The summed E-state index contributed by atoms with van der Waals surface area (Å²) in [6, 6.07) is 1.09. The van der Waals surface area contributed by atoms with Crippen molar-refractivity contribution in [1.82, 2.24) is 0 Å². The first-order valence-electron chi connectivity index (χ1n) is 6.20. The van der Waals surface area contributed by atoms with E-state index in [1.165, 1.54) is 0 Å². The molecule has 0 bridgehead atoms. The Morgan fingerprint density at radius 3 is 1.89 bits per heavy atom. The highest BCUT2D eigenvalue weighted by molar-refractivity contribution is 5.98. The number of carbonyl (C=O) groups is 1. The number of benzene rings is 1. The van der Waals surface area contributed by atoms with Crippen LogP contribution < -0.4 is 0 Å². The summed E-state index contributed by atoms with van der Waals surface area (Å²) in [5.74, 6) is -4.20. The molecular formula is C14H17F3O. The number of hydrogen-bond acceptors (Lipinski definition) is 1. The van der Waals surface area contributed by atoms with Crippen molar-refractivity contribution < 1.29 is 18.0 Å². The van der Waals surface area contributed by atoms with Gasteiger partial charge in [0.15, 0.2) is 5.78 Å². The van der Waals surface area contributed by atoms with Crippen LogP contribution in [0.4, 0.5) is 13.2 Å². The van der Waals surface area contributed by atoms with Crippen LogP contribution in [-0.4, -0.2) is 5.78 Å². The standard InChI is InChI=1S/C14H17F3O/c1-3-5-9(6-4-2)14(18)13-11(16)7-10(15)8-12(13)17/h7-9H,3-6H2,1-2H3. The number of Topliss-reactive ketones (excluding diaryl/α,β-unsaturated/α-hetero) is 1. The molecule has 100 valence electrons. The summed E-state index contributed by atoms with van der Waals surface area (Å²) in [4.78, 5) is 12.1. The number of rotatable bonds is 6. The summed E-state index contributed by atoms with van der Waals surface area (Å²) in [6.07, 6.45) is 2.70. The van der Waals surface area contributed by atoms with E-state index >= 15 is 0 Å². The molecule has 0 heterocycles. The van der Waals surface area contributed by atoms with Gasteiger partial charge in [0.05, 0.1) is 5.56 Å². The van der Waals surface area contributed by atoms with E-state index in [0.717, 1.165) is 12.8 Å². The van der Waals surface area contributed by atoms with Crippen molar-refractivity contribution in [2.45, 2.75) is 39.5 Å². The van der Waals surface area contributed by atoms with E-state index in [1.54, 1.807) is 0 Å². The molecule has 0 amide bonds. The second-order valence-corrected chi connectivity index (χ2v) is 4.38. The lowest BCUT2D eigenvalue weighted by Gasteiger charge is -2.15. The molecule has 1 aromatic carbocycles. The summed E-state index contributed by atoms with van der Waals surface area (Å²) in [5, 5.41) is 0. The lowest BCUT2D eigenvalue weighted by Crippen LogP contribution is -2.18. The minimum absolute atomic E-state index is 0.394. The molecule has 0 unspecified atom stereocenters. The molecule has 0 fully saturated rings. The zero-order chi connectivity index (χ0) is 13.7. The lowest BCUT2D eigenvalue weighted by molar-refractivity contribution is 0.0896. The number of hydrogen-bond donors (Lipinski definition) is 0. The molecule has 0 saturated heterocycles. The van der Waals surface area contributed by atoms with Crippen LogP contribution in [0.25, 0.3) is 0 Å². The average Bonchev–Trinajstić information content (AvgIpc) is 2.27. The van der Waals surface area contributed by atoms with Gasteiger partial charge >= 0.3 is 0 Å². The number of carbonyl (C=O) groups excluding carboxylic acids is 1. The van der Waals surface area contributed by atoms with E-state index in [1.807, 2.05) is 13.8 Å². The van der Waals surface area contributed by atoms with Crippen LogP contribution in [0.5, 0.6) is 0 Å². The Hall–Kier alpha value is -1.32. The van der Waals surface area contributed by atoms with E-state index in [9.17, 15) is 18.0 Å². The van der Waals surface area contributed by atoms with Gasteiger partial charge in [0.1, 0.15) is 17.5 Å². The molecule has 0 saturated carbocycles. The zero-order valence-corrected chi connectivity index (χ0v) is 10.6. The fourth-order valence-electron chi connectivity index (χ4n) is 2.09. The largest absolute Gasteiger partial charge is 0.294 e. The predicted octanol–water partition coefficient (Wildman–Crippen LogP) is 4.50. The summed E-state index contributed by atoms with van der Waals surface area (Å²) in [6.45, 7) is 3.82. The third-order valence-corrected chi connectivity index (χ3v) is 2.90. The van der Waals surface area contributed by atoms with Crippen LogP contribution in [0, 0.1) is 23.4 Å². The normalized spacial score (nSPS) is 11.0. The number of ketones is 1. The van der Waals surface area contributed by atoms with Gasteiger partial charge in [-0.25, -0.2) is 13.2 Å². The maximum absolute atomic E-state index is 13.5. The van der Waals surface area contributed by atoms with Gasteiger partial charge in [0.2, 0.25) is 0 Å². The maximum Gasteiger partial charge on any atom is 0.171 e. The van der Waals surface area contributed by atoms with E-state index in [4.69, 9.17) is 0 Å². The van der Waals surface area contributed by atoms with Gasteiger partial charge in [-0.1, -0.05) is 26.7 Å². The molecule has 0 spiro atoms. The minimum atomic E-state index is -1.12. The van der Waals surface area contributed by atoms with Gasteiger partial charge in [0.25, 0.3) is 0 Å². The summed E-state index contributed by atoms with van der Waals surface area (Å²) < 4.78 is 39.8. The molecule has 0 aromatic heterocycles. The second-order valence-electron chi connectivity index (χ2n) is 4.38. The Kier molecular flexibility index (Phi) is 5.38.